The van der Waals surface area contributed by atoms with Crippen molar-refractivity contribution in [2.75, 3.05) is 13.2 Å². The molecule has 160 valence electrons. The first-order chi connectivity index (χ1) is 12.9. The summed E-state index contributed by atoms with van der Waals surface area (Å²) in [6.07, 6.45) is 12.7. The lowest BCUT2D eigenvalue weighted by Gasteiger charge is -2.07. The second-order valence-electron chi connectivity index (χ2n) is 8.49. The molecule has 0 N–H and O–H groups in total. The highest BCUT2D eigenvalue weighted by molar-refractivity contribution is 5.72. The Hall–Kier alpha value is -1.06. The number of hydrogen-bond acceptors (Lipinski definition) is 4. The Morgan fingerprint density at radius 2 is 0.926 bits per heavy atom. The Labute approximate surface area is 167 Å². The molecule has 0 saturated carbocycles. The zero-order chi connectivity index (χ0) is 20.3. The number of rotatable bonds is 18. The molecule has 4 nitrogen and oxygen atoms in total. The van der Waals surface area contributed by atoms with Gasteiger partial charge in [0.2, 0.25) is 0 Å². The maximum Gasteiger partial charge on any atom is 0.305 e. The third-order valence-electron chi connectivity index (χ3n) is 4.64. The maximum atomic E-state index is 11.6. The van der Waals surface area contributed by atoms with Gasteiger partial charge in [-0.05, 0) is 31.1 Å². The van der Waals surface area contributed by atoms with Gasteiger partial charge in [-0.3, -0.25) is 9.59 Å². The fraction of sp³-hybridized carbons (Fsp3) is 0.913. The second kappa shape index (κ2) is 18.3. The molecule has 0 atom stereocenters. The molecule has 0 spiro atoms. The molecule has 0 unspecified atom stereocenters. The van der Waals surface area contributed by atoms with Crippen LogP contribution in [0.3, 0.4) is 0 Å². The van der Waals surface area contributed by atoms with Gasteiger partial charge in [-0.1, -0.05) is 79.1 Å². The summed E-state index contributed by atoms with van der Waals surface area (Å²) in [4.78, 5) is 23.3. The number of carbonyl (C=O) groups excluding carboxylic acids is 2. The van der Waals surface area contributed by atoms with Crippen LogP contribution in [-0.2, 0) is 19.1 Å². The van der Waals surface area contributed by atoms with Crippen LogP contribution in [0.2, 0.25) is 0 Å². The van der Waals surface area contributed by atoms with Crippen molar-refractivity contribution >= 4 is 11.9 Å². The molecule has 0 aliphatic rings. The third kappa shape index (κ3) is 21.1. The van der Waals surface area contributed by atoms with Gasteiger partial charge in [-0.2, -0.15) is 0 Å². The average molecular weight is 385 g/mol. The number of ether oxygens (including phenoxy) is 2. The van der Waals surface area contributed by atoms with Gasteiger partial charge in [0.05, 0.1) is 13.2 Å². The van der Waals surface area contributed by atoms with Crippen molar-refractivity contribution in [1.82, 2.24) is 0 Å². The van der Waals surface area contributed by atoms with Crippen LogP contribution in [-0.4, -0.2) is 25.2 Å². The van der Waals surface area contributed by atoms with Gasteiger partial charge < -0.3 is 9.47 Å². The highest BCUT2D eigenvalue weighted by Crippen LogP contribution is 2.11. The predicted molar refractivity (Wildman–Crippen MR) is 112 cm³/mol. The molecule has 4 heteroatoms. The summed E-state index contributed by atoms with van der Waals surface area (Å²) in [5.41, 5.74) is 0. The number of carbonyl (C=O) groups is 2. The first-order valence-corrected chi connectivity index (χ1v) is 11.2. The smallest absolute Gasteiger partial charge is 0.305 e. The molecular formula is C23H44O4. The Morgan fingerprint density at radius 3 is 1.30 bits per heavy atom. The van der Waals surface area contributed by atoms with E-state index in [0.29, 0.717) is 32.5 Å². The molecule has 0 aromatic carbocycles. The summed E-state index contributed by atoms with van der Waals surface area (Å²) >= 11 is 0. The minimum atomic E-state index is -0.199. The molecular weight excluding hydrogens is 340 g/mol. The molecule has 0 aliphatic heterocycles. The number of hydrogen-bond donors (Lipinski definition) is 0. The normalized spacial score (nSPS) is 11.2. The summed E-state index contributed by atoms with van der Waals surface area (Å²) in [6.45, 7) is 9.97. The Balaban J connectivity index is 3.36. The van der Waals surface area contributed by atoms with E-state index < -0.39 is 0 Å². The van der Waals surface area contributed by atoms with E-state index in [1.165, 1.54) is 38.5 Å². The lowest BCUT2D eigenvalue weighted by atomic mass is 10.0. The number of unbranched alkanes of at least 4 members (excludes halogenated alkanes) is 6. The van der Waals surface area contributed by atoms with Crippen LogP contribution in [0.25, 0.3) is 0 Å². The van der Waals surface area contributed by atoms with Crippen LogP contribution >= 0.6 is 0 Å². The predicted octanol–water partition coefficient (Wildman–Crippen LogP) is 6.46. The number of esters is 2. The lowest BCUT2D eigenvalue weighted by molar-refractivity contribution is -0.145. The van der Waals surface area contributed by atoms with Crippen molar-refractivity contribution in [2.24, 2.45) is 11.8 Å². The molecule has 0 saturated heterocycles. The summed E-state index contributed by atoms with van der Waals surface area (Å²) in [6, 6.07) is 0. The zero-order valence-corrected chi connectivity index (χ0v) is 18.4. The van der Waals surface area contributed by atoms with E-state index in [-0.39, 0.29) is 11.9 Å². The zero-order valence-electron chi connectivity index (χ0n) is 18.4. The molecule has 0 aromatic heterocycles. The first-order valence-electron chi connectivity index (χ1n) is 11.2. The molecule has 0 fully saturated rings. The van der Waals surface area contributed by atoms with Gasteiger partial charge >= 0.3 is 11.9 Å². The van der Waals surface area contributed by atoms with Crippen LogP contribution in [0.1, 0.15) is 111 Å². The van der Waals surface area contributed by atoms with Gasteiger partial charge in [0.15, 0.2) is 0 Å². The van der Waals surface area contributed by atoms with Crippen molar-refractivity contribution in [3.8, 4) is 0 Å². The Bertz CT molecular complexity index is 329. The molecule has 0 radical (unpaired) electrons. The van der Waals surface area contributed by atoms with E-state index in [0.717, 1.165) is 37.5 Å². The Kier molecular flexibility index (Phi) is 17.6. The van der Waals surface area contributed by atoms with Crippen LogP contribution in [0.5, 0.6) is 0 Å². The van der Waals surface area contributed by atoms with Crippen molar-refractivity contribution in [2.45, 2.75) is 111 Å². The first kappa shape index (κ1) is 25.9. The molecule has 0 heterocycles. The summed E-state index contributed by atoms with van der Waals surface area (Å²) in [5, 5.41) is 0. The van der Waals surface area contributed by atoms with E-state index in [1.807, 2.05) is 0 Å². The van der Waals surface area contributed by atoms with Crippen LogP contribution in [0.15, 0.2) is 0 Å². The standard InChI is InChI=1S/C23H44O4/c1-20(2)14-9-5-7-11-18-26-22(24)16-13-17-23(25)27-19-12-8-6-10-15-21(3)4/h20-21H,5-19H2,1-4H3. The van der Waals surface area contributed by atoms with E-state index in [9.17, 15) is 9.59 Å². The molecule has 0 rings (SSSR count). The van der Waals surface area contributed by atoms with Gasteiger partial charge in [0.1, 0.15) is 0 Å². The summed E-state index contributed by atoms with van der Waals surface area (Å²) in [5.74, 6) is 1.14. The summed E-state index contributed by atoms with van der Waals surface area (Å²) in [7, 11) is 0. The van der Waals surface area contributed by atoms with Crippen LogP contribution < -0.4 is 0 Å². The van der Waals surface area contributed by atoms with Gasteiger partial charge in [-0.25, -0.2) is 0 Å². The van der Waals surface area contributed by atoms with Crippen molar-refractivity contribution in [3.63, 3.8) is 0 Å². The summed E-state index contributed by atoms with van der Waals surface area (Å²) < 4.78 is 10.4. The lowest BCUT2D eigenvalue weighted by Crippen LogP contribution is -2.09. The van der Waals surface area contributed by atoms with Gasteiger partial charge in [-0.15, -0.1) is 0 Å². The molecule has 0 aliphatic carbocycles. The second-order valence-corrected chi connectivity index (χ2v) is 8.49. The SMILES string of the molecule is CC(C)CCCCCCOC(=O)CCCC(=O)OCCCCCCC(C)C. The van der Waals surface area contributed by atoms with Crippen LogP contribution in [0, 0.1) is 11.8 Å². The largest absolute Gasteiger partial charge is 0.466 e. The minimum Gasteiger partial charge on any atom is -0.466 e. The molecule has 0 aromatic rings. The van der Waals surface area contributed by atoms with Crippen molar-refractivity contribution in [1.29, 1.82) is 0 Å². The molecule has 0 amide bonds. The average Bonchev–Trinajstić information content (AvgIpc) is 2.59. The van der Waals surface area contributed by atoms with Gasteiger partial charge in [0.25, 0.3) is 0 Å². The third-order valence-corrected chi connectivity index (χ3v) is 4.64. The van der Waals surface area contributed by atoms with E-state index in [1.54, 1.807) is 0 Å². The topological polar surface area (TPSA) is 52.6 Å². The monoisotopic (exact) mass is 384 g/mol. The van der Waals surface area contributed by atoms with Crippen LogP contribution in [0.4, 0.5) is 0 Å². The highest BCUT2D eigenvalue weighted by atomic mass is 16.5. The quantitative estimate of drug-likeness (QED) is 0.201. The van der Waals surface area contributed by atoms with Crippen molar-refractivity contribution in [3.05, 3.63) is 0 Å². The minimum absolute atomic E-state index is 0.199. The molecule has 27 heavy (non-hydrogen) atoms. The van der Waals surface area contributed by atoms with E-state index >= 15 is 0 Å². The van der Waals surface area contributed by atoms with E-state index in [2.05, 4.69) is 27.7 Å². The van der Waals surface area contributed by atoms with E-state index in [4.69, 9.17) is 9.47 Å². The van der Waals surface area contributed by atoms with Crippen molar-refractivity contribution < 1.29 is 19.1 Å². The Morgan fingerprint density at radius 1 is 0.556 bits per heavy atom. The fourth-order valence-electron chi connectivity index (χ4n) is 2.91. The highest BCUT2D eigenvalue weighted by Gasteiger charge is 2.07. The maximum absolute atomic E-state index is 11.6. The van der Waals surface area contributed by atoms with Gasteiger partial charge in [0, 0.05) is 12.8 Å². The molecule has 0 bridgehead atoms. The fourth-order valence-corrected chi connectivity index (χ4v) is 2.91.